The molecule has 0 fully saturated rings. The van der Waals surface area contributed by atoms with Gasteiger partial charge in [-0.15, -0.1) is 9.81 Å². The zero-order valence-electron chi connectivity index (χ0n) is 12.5. The summed E-state index contributed by atoms with van der Waals surface area (Å²) in [7, 11) is 0. The molecule has 6 heteroatoms. The van der Waals surface area contributed by atoms with E-state index in [1.807, 2.05) is 12.1 Å². The largest absolute Gasteiger partial charge is 0.366 e. The van der Waals surface area contributed by atoms with Gasteiger partial charge in [0.05, 0.1) is 16.3 Å². The predicted octanol–water partition coefficient (Wildman–Crippen LogP) is 4.26. The number of benzene rings is 1. The summed E-state index contributed by atoms with van der Waals surface area (Å²) < 4.78 is 0. The first-order chi connectivity index (χ1) is 9.58. The lowest BCUT2D eigenvalue weighted by Crippen LogP contribution is -2.39. The molecule has 0 aliphatic heterocycles. The summed E-state index contributed by atoms with van der Waals surface area (Å²) in [6.07, 6.45) is 2.09. The fourth-order valence-electron chi connectivity index (χ4n) is 2.20. The maximum absolute atomic E-state index is 10.4. The van der Waals surface area contributed by atoms with Crippen LogP contribution in [0.4, 0.5) is 11.4 Å². The summed E-state index contributed by atoms with van der Waals surface area (Å²) in [5, 5.41) is 5.62. The van der Waals surface area contributed by atoms with Gasteiger partial charge < -0.3 is 4.90 Å². The zero-order valence-corrected chi connectivity index (χ0v) is 12.5. The van der Waals surface area contributed by atoms with Gasteiger partial charge in [0.25, 0.3) is 0 Å². The van der Waals surface area contributed by atoms with Gasteiger partial charge in [-0.2, -0.15) is 0 Å². The van der Waals surface area contributed by atoms with Gasteiger partial charge >= 0.3 is 0 Å². The molecule has 0 aliphatic rings. The highest BCUT2D eigenvalue weighted by Gasteiger charge is 2.18. The van der Waals surface area contributed by atoms with Crippen LogP contribution in [0.25, 0.3) is 0 Å². The summed E-state index contributed by atoms with van der Waals surface area (Å²) in [4.78, 5) is 23.2. The summed E-state index contributed by atoms with van der Waals surface area (Å²) in [6.45, 7) is 8.68. The van der Waals surface area contributed by atoms with Crippen molar-refractivity contribution in [2.75, 3.05) is 10.0 Å². The highest BCUT2D eigenvalue weighted by Crippen LogP contribution is 2.26. The highest BCUT2D eigenvalue weighted by atomic mass is 16.4. The maximum atomic E-state index is 10.4. The summed E-state index contributed by atoms with van der Waals surface area (Å²) >= 11 is 0. The quantitative estimate of drug-likeness (QED) is 0.526. The molecule has 0 spiro atoms. The first kappa shape index (κ1) is 16.1. The van der Waals surface area contributed by atoms with E-state index >= 15 is 0 Å². The SMILES string of the molecule is CCC(C)N(c1ccc(N(N=O)N=O)cc1)C(C)CC. The van der Waals surface area contributed by atoms with Crippen molar-refractivity contribution >= 4 is 11.4 Å². The van der Waals surface area contributed by atoms with Crippen LogP contribution in [0.2, 0.25) is 0 Å². The van der Waals surface area contributed by atoms with Crippen LogP contribution in [0.5, 0.6) is 0 Å². The van der Waals surface area contributed by atoms with Crippen molar-refractivity contribution < 1.29 is 0 Å². The molecule has 0 heterocycles. The number of nitrogens with zero attached hydrogens (tertiary/aromatic N) is 4. The Morgan fingerprint density at radius 1 is 0.900 bits per heavy atom. The summed E-state index contributed by atoms with van der Waals surface area (Å²) in [5.41, 5.74) is 1.43. The van der Waals surface area contributed by atoms with E-state index in [4.69, 9.17) is 0 Å². The lowest BCUT2D eigenvalue weighted by Gasteiger charge is -2.36. The first-order valence-corrected chi connectivity index (χ1v) is 6.94. The summed E-state index contributed by atoms with van der Waals surface area (Å²) in [5.74, 6) is 0. The van der Waals surface area contributed by atoms with E-state index in [9.17, 15) is 9.81 Å². The van der Waals surface area contributed by atoms with Crippen molar-refractivity contribution in [3.05, 3.63) is 34.1 Å². The molecule has 1 aromatic rings. The van der Waals surface area contributed by atoms with Gasteiger partial charge in [-0.05, 0) is 51.0 Å². The zero-order chi connectivity index (χ0) is 15.1. The van der Waals surface area contributed by atoms with E-state index in [0.717, 1.165) is 18.5 Å². The predicted molar refractivity (Wildman–Crippen MR) is 82.5 cm³/mol. The highest BCUT2D eigenvalue weighted by molar-refractivity contribution is 5.56. The molecule has 20 heavy (non-hydrogen) atoms. The fourth-order valence-corrected chi connectivity index (χ4v) is 2.20. The third kappa shape index (κ3) is 3.53. The van der Waals surface area contributed by atoms with Crippen LogP contribution in [0.3, 0.4) is 0 Å². The molecule has 0 radical (unpaired) electrons. The van der Waals surface area contributed by atoms with E-state index in [0.29, 0.717) is 22.9 Å². The fraction of sp³-hybridized carbons (Fsp3) is 0.571. The molecule has 2 unspecified atom stereocenters. The third-order valence-electron chi connectivity index (χ3n) is 3.66. The van der Waals surface area contributed by atoms with Gasteiger partial charge in [-0.1, -0.05) is 19.0 Å². The Bertz CT molecular complexity index is 417. The molecule has 0 saturated heterocycles. The molecule has 0 N–H and O–H groups in total. The normalized spacial score (nSPS) is 13.4. The van der Waals surface area contributed by atoms with Crippen molar-refractivity contribution in [3.63, 3.8) is 0 Å². The Morgan fingerprint density at radius 3 is 1.65 bits per heavy atom. The van der Waals surface area contributed by atoms with E-state index in [1.54, 1.807) is 12.1 Å². The Balaban J connectivity index is 3.04. The second-order valence-electron chi connectivity index (χ2n) is 4.89. The number of hydrogen-bond donors (Lipinski definition) is 0. The van der Waals surface area contributed by atoms with Crippen LogP contribution in [-0.4, -0.2) is 12.1 Å². The monoisotopic (exact) mass is 278 g/mol. The molecular weight excluding hydrogens is 256 g/mol. The molecule has 0 aromatic heterocycles. The van der Waals surface area contributed by atoms with Gasteiger partial charge in [0, 0.05) is 17.8 Å². The average Bonchev–Trinajstić information content (AvgIpc) is 2.49. The number of hydrogen-bond acceptors (Lipinski definition) is 5. The minimum atomic E-state index is 0.368. The molecule has 1 rings (SSSR count). The van der Waals surface area contributed by atoms with Gasteiger partial charge in [0.1, 0.15) is 0 Å². The van der Waals surface area contributed by atoms with Crippen molar-refractivity contribution in [2.45, 2.75) is 52.6 Å². The smallest absolute Gasteiger partial charge is 0.0924 e. The van der Waals surface area contributed by atoms with E-state index in [-0.39, 0.29) is 0 Å². The number of anilines is 2. The van der Waals surface area contributed by atoms with Crippen LogP contribution < -0.4 is 10.0 Å². The second-order valence-corrected chi connectivity index (χ2v) is 4.89. The van der Waals surface area contributed by atoms with E-state index < -0.39 is 0 Å². The Hall–Kier alpha value is -1.98. The number of nitroso groups, excluding NO2 is 2. The molecule has 0 bridgehead atoms. The number of rotatable bonds is 8. The Morgan fingerprint density at radius 2 is 1.30 bits per heavy atom. The second kappa shape index (κ2) is 7.57. The average molecular weight is 278 g/mol. The van der Waals surface area contributed by atoms with Gasteiger partial charge in [-0.25, -0.2) is 0 Å². The first-order valence-electron chi connectivity index (χ1n) is 6.94. The molecule has 0 amide bonds. The van der Waals surface area contributed by atoms with Crippen LogP contribution in [0.15, 0.2) is 34.8 Å². The van der Waals surface area contributed by atoms with Crippen LogP contribution in [-0.2, 0) is 0 Å². The molecule has 0 aliphatic carbocycles. The third-order valence-corrected chi connectivity index (χ3v) is 3.66. The Labute approximate surface area is 119 Å². The maximum Gasteiger partial charge on any atom is 0.0924 e. The lowest BCUT2D eigenvalue weighted by atomic mass is 10.1. The minimum Gasteiger partial charge on any atom is -0.366 e. The minimum absolute atomic E-state index is 0.368. The molecule has 1 aromatic carbocycles. The standard InChI is InChI=1S/C14H22N4O2/c1-5-11(3)17(12(4)6-2)13-7-9-14(10-8-13)18(15-19)16-20/h7-12H,5-6H2,1-4H3. The summed E-state index contributed by atoms with van der Waals surface area (Å²) in [6, 6.07) is 7.96. The van der Waals surface area contributed by atoms with E-state index in [2.05, 4.69) is 43.2 Å². The van der Waals surface area contributed by atoms with Crippen molar-refractivity contribution in [3.8, 4) is 0 Å². The van der Waals surface area contributed by atoms with Crippen molar-refractivity contribution in [1.82, 2.24) is 0 Å². The van der Waals surface area contributed by atoms with Gasteiger partial charge in [-0.3, -0.25) is 0 Å². The van der Waals surface area contributed by atoms with Gasteiger partial charge in [0.15, 0.2) is 0 Å². The molecule has 6 nitrogen and oxygen atoms in total. The van der Waals surface area contributed by atoms with Crippen molar-refractivity contribution in [2.24, 2.45) is 10.6 Å². The lowest BCUT2D eigenvalue weighted by molar-refractivity contribution is 0.527. The van der Waals surface area contributed by atoms with Crippen LogP contribution >= 0.6 is 0 Å². The Kier molecular flexibility index (Phi) is 6.09. The van der Waals surface area contributed by atoms with Crippen LogP contribution in [0.1, 0.15) is 40.5 Å². The molecular formula is C14H22N4O2. The topological polar surface area (TPSA) is 65.3 Å². The molecule has 0 saturated carbocycles. The van der Waals surface area contributed by atoms with Gasteiger partial charge in [0.2, 0.25) is 0 Å². The van der Waals surface area contributed by atoms with Crippen LogP contribution in [0, 0.1) is 9.81 Å². The molecule has 110 valence electrons. The van der Waals surface area contributed by atoms with Crippen molar-refractivity contribution in [1.29, 1.82) is 0 Å². The van der Waals surface area contributed by atoms with E-state index in [1.165, 1.54) is 0 Å². The molecule has 2 atom stereocenters.